The highest BCUT2D eigenvalue weighted by Crippen LogP contribution is 2.38. The van der Waals surface area contributed by atoms with Crippen molar-refractivity contribution in [3.63, 3.8) is 0 Å². The Kier molecular flexibility index (Phi) is 5.58. The molecule has 0 radical (unpaired) electrons. The molecule has 1 unspecified atom stereocenters. The number of hydrogen-bond donors (Lipinski definition) is 1. The van der Waals surface area contributed by atoms with Crippen LogP contribution in [0.2, 0.25) is 18.2 Å². The summed E-state index contributed by atoms with van der Waals surface area (Å²) < 4.78 is 6.29. The highest BCUT2D eigenvalue weighted by atomic mass is 35.5. The molecule has 0 spiro atoms. The van der Waals surface area contributed by atoms with Gasteiger partial charge in [0.25, 0.3) is 0 Å². The first-order chi connectivity index (χ1) is 10.2. The van der Waals surface area contributed by atoms with Gasteiger partial charge in [-0.2, -0.15) is 0 Å². The predicted molar refractivity (Wildman–Crippen MR) is 97.5 cm³/mol. The molecule has 2 aromatic rings. The molecule has 7 heteroatoms. The molecule has 4 nitrogen and oxygen atoms in total. The van der Waals surface area contributed by atoms with Crippen molar-refractivity contribution in [3.8, 4) is 0 Å². The van der Waals surface area contributed by atoms with Gasteiger partial charge in [-0.25, -0.2) is 9.97 Å². The van der Waals surface area contributed by atoms with Gasteiger partial charge in [0.15, 0.2) is 14.2 Å². The summed E-state index contributed by atoms with van der Waals surface area (Å²) in [5.74, 6) is 0. The van der Waals surface area contributed by atoms with Crippen molar-refractivity contribution in [2.75, 3.05) is 6.26 Å². The van der Waals surface area contributed by atoms with Crippen molar-refractivity contribution in [2.24, 2.45) is 5.41 Å². The zero-order chi connectivity index (χ0) is 16.5. The Morgan fingerprint density at radius 1 is 1.36 bits per heavy atom. The van der Waals surface area contributed by atoms with E-state index < -0.39 is 9.04 Å². The molecule has 1 N–H and O–H groups in total. The first kappa shape index (κ1) is 17.8. The predicted octanol–water partition coefficient (Wildman–Crippen LogP) is 4.81. The maximum absolute atomic E-state index is 6.41. The van der Waals surface area contributed by atoms with Gasteiger partial charge in [-0.15, -0.1) is 0 Å². The largest absolute Gasteiger partial charge is 0.414 e. The second-order valence-corrected chi connectivity index (χ2v) is 10.4. The van der Waals surface area contributed by atoms with Crippen molar-refractivity contribution < 1.29 is 4.43 Å². The van der Waals surface area contributed by atoms with Crippen LogP contribution < -0.4 is 0 Å². The first-order valence-corrected chi connectivity index (χ1v) is 11.8. The van der Waals surface area contributed by atoms with Crippen LogP contribution in [0.4, 0.5) is 0 Å². The van der Waals surface area contributed by atoms with Crippen molar-refractivity contribution >= 4 is 43.4 Å². The summed E-state index contributed by atoms with van der Waals surface area (Å²) in [6, 6.07) is 0. The minimum atomic E-state index is -1.18. The topological polar surface area (TPSA) is 50.8 Å². The highest BCUT2D eigenvalue weighted by Gasteiger charge is 2.26. The number of fused-ring (bicyclic) bond motifs is 1. The molecule has 0 aliphatic rings. The van der Waals surface area contributed by atoms with Crippen molar-refractivity contribution in [1.82, 2.24) is 15.0 Å². The monoisotopic (exact) mass is 357 g/mol. The number of H-pyrrole nitrogens is 1. The van der Waals surface area contributed by atoms with E-state index in [2.05, 4.69) is 48.8 Å². The number of aromatic nitrogens is 3. The molecule has 0 aromatic carbocycles. The highest BCUT2D eigenvalue weighted by molar-refractivity contribution is 7.98. The minimum absolute atomic E-state index is 0.0293. The molecule has 0 amide bonds. The summed E-state index contributed by atoms with van der Waals surface area (Å²) in [5.41, 5.74) is 2.03. The van der Waals surface area contributed by atoms with Gasteiger partial charge in [0.1, 0.15) is 10.8 Å². The smallest absolute Gasteiger partial charge is 0.190 e. The number of rotatable bonds is 5. The molecule has 1 atom stereocenters. The Morgan fingerprint density at radius 3 is 2.59 bits per heavy atom. The van der Waals surface area contributed by atoms with E-state index in [9.17, 15) is 0 Å². The van der Waals surface area contributed by atoms with E-state index in [1.807, 2.05) is 12.5 Å². The molecule has 2 heterocycles. The SMILES string of the molecule is CSc1nc(Cl)c2c(C(CC(C)(C)C)O[SiH](C)C)c[nH]c2n1. The van der Waals surface area contributed by atoms with Crippen LogP contribution in [-0.4, -0.2) is 30.2 Å². The van der Waals surface area contributed by atoms with Crippen LogP contribution in [0, 0.1) is 5.41 Å². The van der Waals surface area contributed by atoms with Crippen LogP contribution in [0.5, 0.6) is 0 Å². The lowest BCUT2D eigenvalue weighted by atomic mass is 9.87. The van der Waals surface area contributed by atoms with Gasteiger partial charge in [0, 0.05) is 11.8 Å². The number of nitrogens with one attached hydrogen (secondary N) is 1. The summed E-state index contributed by atoms with van der Waals surface area (Å²) in [6.07, 6.45) is 4.88. The normalized spacial score (nSPS) is 14.0. The van der Waals surface area contributed by atoms with Crippen LogP contribution in [0.3, 0.4) is 0 Å². The molecule has 2 aromatic heterocycles. The Balaban J connectivity index is 2.49. The molecular weight excluding hydrogens is 334 g/mol. The van der Waals surface area contributed by atoms with Gasteiger partial charge in [-0.1, -0.05) is 44.1 Å². The fourth-order valence-corrected chi connectivity index (χ4v) is 4.05. The van der Waals surface area contributed by atoms with Crippen LogP contribution in [-0.2, 0) is 4.43 Å². The average molecular weight is 358 g/mol. The summed E-state index contributed by atoms with van der Waals surface area (Å²) in [5, 5.41) is 2.07. The first-order valence-electron chi connectivity index (χ1n) is 7.45. The second-order valence-electron chi connectivity index (χ2n) is 6.91. The van der Waals surface area contributed by atoms with Crippen molar-refractivity contribution in [3.05, 3.63) is 16.9 Å². The summed E-state index contributed by atoms with van der Waals surface area (Å²) in [6.45, 7) is 11.1. The van der Waals surface area contributed by atoms with Gasteiger partial charge in [-0.05, 0) is 31.2 Å². The number of nitrogens with zero attached hydrogens (tertiary/aromatic N) is 2. The lowest BCUT2D eigenvalue weighted by Crippen LogP contribution is -2.19. The van der Waals surface area contributed by atoms with Crippen LogP contribution in [0.1, 0.15) is 38.9 Å². The summed E-state index contributed by atoms with van der Waals surface area (Å²) >= 11 is 7.90. The second kappa shape index (κ2) is 6.91. The molecule has 122 valence electrons. The quantitative estimate of drug-likeness (QED) is 0.361. The third-order valence-corrected chi connectivity index (χ3v) is 4.96. The zero-order valence-electron chi connectivity index (χ0n) is 14.0. The Morgan fingerprint density at radius 2 is 2.05 bits per heavy atom. The number of aromatic amines is 1. The van der Waals surface area contributed by atoms with Crippen LogP contribution in [0.25, 0.3) is 11.0 Å². The Hall–Kier alpha value is -0.563. The van der Waals surface area contributed by atoms with Gasteiger partial charge < -0.3 is 9.41 Å². The molecule has 0 aliphatic carbocycles. The van der Waals surface area contributed by atoms with E-state index in [1.165, 1.54) is 11.8 Å². The Bertz CT molecular complexity index is 654. The minimum Gasteiger partial charge on any atom is -0.414 e. The standard InChI is InChI=1S/C15H24ClN3OSSi/c1-15(2,3)7-10(20-22(5)6)9-8-17-13-11(9)12(16)18-14(19-13)21-4/h8,10,22H,7H2,1-6H3,(H,17,18,19). The van der Waals surface area contributed by atoms with Gasteiger partial charge >= 0.3 is 0 Å². The average Bonchev–Trinajstić information content (AvgIpc) is 2.79. The fourth-order valence-electron chi connectivity index (χ4n) is 2.45. The van der Waals surface area contributed by atoms with E-state index in [0.717, 1.165) is 23.0 Å². The van der Waals surface area contributed by atoms with Gasteiger partial charge in [0.2, 0.25) is 0 Å². The lowest BCUT2D eigenvalue weighted by molar-refractivity contribution is 0.148. The van der Waals surface area contributed by atoms with Gasteiger partial charge in [-0.3, -0.25) is 0 Å². The van der Waals surface area contributed by atoms with E-state index >= 15 is 0 Å². The van der Waals surface area contributed by atoms with E-state index in [1.54, 1.807) is 0 Å². The van der Waals surface area contributed by atoms with Crippen LogP contribution >= 0.6 is 23.4 Å². The number of hydrogen-bond acceptors (Lipinski definition) is 4. The molecule has 0 saturated carbocycles. The maximum Gasteiger partial charge on any atom is 0.190 e. The number of halogens is 1. The van der Waals surface area contributed by atoms with Gasteiger partial charge in [0.05, 0.1) is 11.5 Å². The third-order valence-electron chi connectivity index (χ3n) is 3.26. The molecule has 0 aliphatic heterocycles. The molecule has 0 saturated heterocycles. The zero-order valence-corrected chi connectivity index (χ0v) is 16.8. The Labute approximate surface area is 143 Å². The lowest BCUT2D eigenvalue weighted by Gasteiger charge is -2.27. The molecule has 0 fully saturated rings. The van der Waals surface area contributed by atoms with E-state index in [0.29, 0.717) is 10.3 Å². The van der Waals surface area contributed by atoms with Crippen molar-refractivity contribution in [1.29, 1.82) is 0 Å². The third kappa shape index (κ3) is 4.25. The molecule has 2 rings (SSSR count). The maximum atomic E-state index is 6.41. The summed E-state index contributed by atoms with van der Waals surface area (Å²) in [4.78, 5) is 12.1. The molecule has 22 heavy (non-hydrogen) atoms. The molecule has 0 bridgehead atoms. The van der Waals surface area contributed by atoms with Crippen molar-refractivity contribution in [2.45, 2.75) is 51.5 Å². The van der Waals surface area contributed by atoms with E-state index in [-0.39, 0.29) is 11.5 Å². The number of thioether (sulfide) groups is 1. The fraction of sp³-hybridized carbons (Fsp3) is 0.600. The molecular formula is C15H24ClN3OSSi. The van der Waals surface area contributed by atoms with E-state index in [4.69, 9.17) is 16.0 Å². The summed E-state index contributed by atoms with van der Waals surface area (Å²) in [7, 11) is -1.18. The van der Waals surface area contributed by atoms with Crippen LogP contribution in [0.15, 0.2) is 11.4 Å².